The van der Waals surface area contributed by atoms with E-state index in [1.807, 2.05) is 114 Å². The largest absolute Gasteiger partial charge is 0.491 e. The Labute approximate surface area is 382 Å². The molecule has 0 spiro atoms. The van der Waals surface area contributed by atoms with Crippen LogP contribution >= 0.6 is 7.14 Å². The van der Waals surface area contributed by atoms with E-state index >= 15 is 4.57 Å². The Balaban J connectivity index is 0.812. The number of hydrogen-bond donors (Lipinski definition) is 2. The van der Waals surface area contributed by atoms with Crippen LogP contribution in [0, 0.1) is 0 Å². The second-order valence-corrected chi connectivity index (χ2v) is 21.1. The van der Waals surface area contributed by atoms with Crippen molar-refractivity contribution >= 4 is 29.1 Å². The van der Waals surface area contributed by atoms with Crippen LogP contribution in [-0.2, 0) is 24.9 Å². The number of ether oxygens (including phenoxy) is 6. The number of anilines is 2. The Morgan fingerprint density at radius 1 is 0.538 bits per heavy atom. The molecule has 2 N–H and O–H groups in total. The molecule has 2 saturated heterocycles. The summed E-state index contributed by atoms with van der Waals surface area (Å²) in [6, 6.07) is 47.5. The number of rotatable bonds is 20. The zero-order valence-electron chi connectivity index (χ0n) is 37.5. The average Bonchev–Trinajstić information content (AvgIpc) is 4.28. The summed E-state index contributed by atoms with van der Waals surface area (Å²) in [7, 11) is -3.35. The second-order valence-electron chi connectivity index (χ2n) is 18.3. The van der Waals surface area contributed by atoms with Crippen molar-refractivity contribution in [1.82, 2.24) is 0 Å². The van der Waals surface area contributed by atoms with Gasteiger partial charge in [0.25, 0.3) is 0 Å². The molecule has 6 aromatic rings. The summed E-state index contributed by atoms with van der Waals surface area (Å²) in [5.74, 6) is 2.93. The standard InChI is InChI=1S/C54H58NO9P/c1-53(2,39-17-25-45(26-18-39)61-32-47-34-63-47)37-13-21-43(22-14-37)59-30-41(56)29-55-49-9-5-7-11-51(49)65(58,52-12-8-6-10-50(52)55)36-42(57)31-60-44-23-15-38(16-24-44)54(3,4)40-19-27-46(28-20-40)62-33-48-35-64-48/h5-28,41-42,47-48,56-57H,29-36H2,1-4H3. The molecule has 3 heterocycles. The highest BCUT2D eigenvalue weighted by atomic mass is 31.2. The Hall–Kier alpha value is -5.61. The third-order valence-corrected chi connectivity index (χ3v) is 16.1. The number of benzene rings is 6. The molecular formula is C54H58NO9P. The van der Waals surface area contributed by atoms with Crippen LogP contribution in [0.15, 0.2) is 146 Å². The minimum atomic E-state index is -3.35. The normalized spacial score (nSPS) is 18.2. The average molecular weight is 896 g/mol. The van der Waals surface area contributed by atoms with Crippen molar-refractivity contribution in [2.24, 2.45) is 0 Å². The van der Waals surface area contributed by atoms with Gasteiger partial charge in [-0.05, 0) is 95.1 Å². The van der Waals surface area contributed by atoms with Crippen molar-refractivity contribution in [3.8, 4) is 23.0 Å². The van der Waals surface area contributed by atoms with Crippen molar-refractivity contribution in [3.05, 3.63) is 168 Å². The molecule has 2 fully saturated rings. The third kappa shape index (κ3) is 10.1. The van der Waals surface area contributed by atoms with Crippen LogP contribution in [0.4, 0.5) is 11.4 Å². The van der Waals surface area contributed by atoms with Crippen molar-refractivity contribution in [3.63, 3.8) is 0 Å². The first-order valence-electron chi connectivity index (χ1n) is 22.5. The fourth-order valence-corrected chi connectivity index (χ4v) is 11.7. The number of aliphatic hydroxyl groups excluding tert-OH is 2. The fraction of sp³-hybridized carbons (Fsp3) is 0.333. The minimum Gasteiger partial charge on any atom is -0.491 e. The topological polar surface area (TPSA) is 123 Å². The lowest BCUT2D eigenvalue weighted by molar-refractivity contribution is 0.114. The molecule has 3 aliphatic rings. The highest BCUT2D eigenvalue weighted by Gasteiger charge is 2.41. The molecule has 11 heteroatoms. The van der Waals surface area contributed by atoms with Crippen LogP contribution in [-0.4, -0.2) is 87.0 Å². The SMILES string of the molecule is CC(C)(c1ccc(OCC(O)CN2c3ccccc3P(=O)(CC(O)COc3ccc(C(C)(C)c4ccc(OCC5CO5)cc4)cc3)c3ccccc32)cc1)c1ccc(OCC2CO2)cc1. The van der Waals surface area contributed by atoms with Crippen molar-refractivity contribution in [2.75, 3.05) is 57.2 Å². The number of para-hydroxylation sites is 2. The minimum absolute atomic E-state index is 0.00176. The first kappa shape index (κ1) is 44.6. The molecule has 0 amide bonds. The molecule has 9 rings (SSSR count). The number of β-amino-alcohol motifs (C(OH)–C–C–N with tert-alkyl or cyclic N) is 1. The van der Waals surface area contributed by atoms with Crippen molar-refractivity contribution in [1.29, 1.82) is 0 Å². The molecule has 4 unspecified atom stereocenters. The summed E-state index contributed by atoms with van der Waals surface area (Å²) >= 11 is 0. The van der Waals surface area contributed by atoms with Crippen LogP contribution in [0.25, 0.3) is 0 Å². The van der Waals surface area contributed by atoms with E-state index in [1.54, 1.807) is 0 Å². The molecule has 0 saturated carbocycles. The zero-order chi connectivity index (χ0) is 45.2. The number of fused-ring (bicyclic) bond motifs is 2. The van der Waals surface area contributed by atoms with Gasteiger partial charge in [0, 0.05) is 27.6 Å². The maximum Gasteiger partial charge on any atom is 0.150 e. The van der Waals surface area contributed by atoms with Crippen LogP contribution in [0.3, 0.4) is 0 Å². The maximum atomic E-state index is 15.3. The van der Waals surface area contributed by atoms with E-state index in [0.29, 0.717) is 35.3 Å². The molecule has 65 heavy (non-hydrogen) atoms. The summed E-state index contributed by atoms with van der Waals surface area (Å²) in [5, 5.41) is 24.2. The lowest BCUT2D eigenvalue weighted by Gasteiger charge is -2.39. The molecule has 6 aromatic carbocycles. The second kappa shape index (κ2) is 18.7. The van der Waals surface area contributed by atoms with Gasteiger partial charge in [-0.25, -0.2) is 0 Å². The van der Waals surface area contributed by atoms with Gasteiger partial charge in [0.15, 0.2) is 0 Å². The summed E-state index contributed by atoms with van der Waals surface area (Å²) in [6.45, 7) is 11.7. The van der Waals surface area contributed by atoms with Crippen molar-refractivity contribution < 1.29 is 43.2 Å². The molecule has 338 valence electrons. The van der Waals surface area contributed by atoms with Crippen molar-refractivity contribution in [2.45, 2.75) is 62.9 Å². The lowest BCUT2D eigenvalue weighted by Crippen LogP contribution is -2.42. The highest BCUT2D eigenvalue weighted by Crippen LogP contribution is 2.53. The van der Waals surface area contributed by atoms with E-state index in [0.717, 1.165) is 58.3 Å². The summed E-state index contributed by atoms with van der Waals surface area (Å²) in [5.41, 5.74) is 5.51. The van der Waals surface area contributed by atoms with E-state index in [-0.39, 0.29) is 49.0 Å². The molecule has 0 radical (unpaired) electrons. The summed E-state index contributed by atoms with van der Waals surface area (Å²) in [6.07, 6.45) is -1.46. The number of hydrogen-bond acceptors (Lipinski definition) is 10. The highest BCUT2D eigenvalue weighted by molar-refractivity contribution is 7.79. The molecule has 0 aliphatic carbocycles. The van der Waals surface area contributed by atoms with Crippen LogP contribution in [0.2, 0.25) is 0 Å². The van der Waals surface area contributed by atoms with E-state index in [1.165, 1.54) is 0 Å². The predicted molar refractivity (Wildman–Crippen MR) is 255 cm³/mol. The Kier molecular flexibility index (Phi) is 12.8. The molecule has 10 nitrogen and oxygen atoms in total. The zero-order valence-corrected chi connectivity index (χ0v) is 38.4. The van der Waals surface area contributed by atoms with E-state index < -0.39 is 19.3 Å². The van der Waals surface area contributed by atoms with Gasteiger partial charge < -0.3 is 48.1 Å². The van der Waals surface area contributed by atoms with E-state index in [4.69, 9.17) is 28.4 Å². The van der Waals surface area contributed by atoms with Gasteiger partial charge >= 0.3 is 0 Å². The fourth-order valence-electron chi connectivity index (χ4n) is 8.56. The van der Waals surface area contributed by atoms with Gasteiger partial charge in [-0.3, -0.25) is 0 Å². The maximum absolute atomic E-state index is 15.3. The third-order valence-electron chi connectivity index (χ3n) is 12.8. The monoisotopic (exact) mass is 895 g/mol. The molecule has 3 aliphatic heterocycles. The molecule has 0 aromatic heterocycles. The summed E-state index contributed by atoms with van der Waals surface area (Å²) in [4.78, 5) is 2.01. The van der Waals surface area contributed by atoms with Gasteiger partial charge in [-0.2, -0.15) is 0 Å². The van der Waals surface area contributed by atoms with Gasteiger partial charge in [-0.1, -0.05) is 100 Å². The molecular weight excluding hydrogens is 838 g/mol. The first-order chi connectivity index (χ1) is 31.4. The van der Waals surface area contributed by atoms with Crippen LogP contribution in [0.1, 0.15) is 49.9 Å². The molecule has 0 bridgehead atoms. The van der Waals surface area contributed by atoms with Crippen LogP contribution < -0.4 is 34.5 Å². The molecule has 4 atom stereocenters. The van der Waals surface area contributed by atoms with E-state index in [2.05, 4.69) is 64.1 Å². The Bertz CT molecular complexity index is 2540. The number of nitrogens with zero attached hydrogens (tertiary/aromatic N) is 1. The van der Waals surface area contributed by atoms with Gasteiger partial charge in [0.05, 0.1) is 37.2 Å². The number of aliphatic hydroxyl groups is 2. The quantitative estimate of drug-likeness (QED) is 0.0570. The summed E-state index contributed by atoms with van der Waals surface area (Å²) < 4.78 is 49.7. The number of epoxide rings is 2. The Morgan fingerprint density at radius 2 is 0.877 bits per heavy atom. The van der Waals surface area contributed by atoms with Gasteiger partial charge in [0.1, 0.15) is 74.9 Å². The Morgan fingerprint density at radius 3 is 1.25 bits per heavy atom. The van der Waals surface area contributed by atoms with Crippen LogP contribution in [0.5, 0.6) is 23.0 Å². The lowest BCUT2D eigenvalue weighted by atomic mass is 9.78. The van der Waals surface area contributed by atoms with Gasteiger partial charge in [-0.15, -0.1) is 0 Å². The first-order valence-corrected chi connectivity index (χ1v) is 24.3. The smallest absolute Gasteiger partial charge is 0.150 e. The van der Waals surface area contributed by atoms with E-state index in [9.17, 15) is 10.2 Å². The van der Waals surface area contributed by atoms with Gasteiger partial charge in [0.2, 0.25) is 0 Å². The predicted octanol–water partition coefficient (Wildman–Crippen LogP) is 8.54.